The molecule has 1 rings (SSSR count). The number of piperidine rings is 1. The fourth-order valence-corrected chi connectivity index (χ4v) is 2.45. The van der Waals surface area contributed by atoms with Gasteiger partial charge < -0.3 is 10.6 Å². The van der Waals surface area contributed by atoms with Gasteiger partial charge in [-0.1, -0.05) is 19.1 Å². The van der Waals surface area contributed by atoms with Crippen LogP contribution < -0.4 is 5.73 Å². The zero-order valence-corrected chi connectivity index (χ0v) is 10.9. The number of hydrogen-bond donors (Lipinski definition) is 1. The summed E-state index contributed by atoms with van der Waals surface area (Å²) in [6, 6.07) is 0.769. The SMILES string of the molecule is CC1CCC(C)N(CCCCC(N)=S)C1. The molecule has 1 aliphatic rings. The fourth-order valence-electron chi connectivity index (χ4n) is 2.31. The second kappa shape index (κ2) is 6.44. The van der Waals surface area contributed by atoms with Crippen LogP contribution >= 0.6 is 12.2 Å². The zero-order chi connectivity index (χ0) is 11.3. The molecule has 0 radical (unpaired) electrons. The van der Waals surface area contributed by atoms with Crippen LogP contribution in [-0.4, -0.2) is 29.0 Å². The Morgan fingerprint density at radius 2 is 2.07 bits per heavy atom. The number of unbranched alkanes of at least 4 members (excludes halogenated alkanes) is 1. The molecule has 1 fully saturated rings. The van der Waals surface area contributed by atoms with Crippen molar-refractivity contribution in [3.8, 4) is 0 Å². The lowest BCUT2D eigenvalue weighted by Crippen LogP contribution is -2.41. The van der Waals surface area contributed by atoms with Crippen LogP contribution in [0.1, 0.15) is 46.0 Å². The molecule has 2 nitrogen and oxygen atoms in total. The lowest BCUT2D eigenvalue weighted by molar-refractivity contribution is 0.123. The molecule has 1 saturated heterocycles. The molecular weight excluding hydrogens is 204 g/mol. The molecule has 0 aromatic rings. The predicted octanol–water partition coefficient (Wildman–Crippen LogP) is 2.56. The normalized spacial score (nSPS) is 27.9. The van der Waals surface area contributed by atoms with Crippen LogP contribution in [0.25, 0.3) is 0 Å². The minimum Gasteiger partial charge on any atom is -0.393 e. The van der Waals surface area contributed by atoms with Gasteiger partial charge in [-0.05, 0) is 51.5 Å². The Hall–Kier alpha value is -0.150. The average molecular weight is 228 g/mol. The van der Waals surface area contributed by atoms with E-state index in [1.165, 1.54) is 32.4 Å². The van der Waals surface area contributed by atoms with Crippen molar-refractivity contribution in [3.63, 3.8) is 0 Å². The molecule has 1 heterocycles. The van der Waals surface area contributed by atoms with Gasteiger partial charge in [-0.3, -0.25) is 0 Å². The first-order chi connectivity index (χ1) is 7.09. The highest BCUT2D eigenvalue weighted by Crippen LogP contribution is 2.21. The highest BCUT2D eigenvalue weighted by Gasteiger charge is 2.21. The van der Waals surface area contributed by atoms with Crippen LogP contribution in [0.2, 0.25) is 0 Å². The van der Waals surface area contributed by atoms with Gasteiger partial charge in [0, 0.05) is 12.6 Å². The molecule has 0 aromatic heterocycles. The van der Waals surface area contributed by atoms with Crippen molar-refractivity contribution < 1.29 is 0 Å². The molecular formula is C12H24N2S. The van der Waals surface area contributed by atoms with Crippen molar-refractivity contribution in [2.24, 2.45) is 11.7 Å². The molecule has 0 aromatic carbocycles. The van der Waals surface area contributed by atoms with Gasteiger partial charge >= 0.3 is 0 Å². The molecule has 2 unspecified atom stereocenters. The van der Waals surface area contributed by atoms with E-state index in [1.54, 1.807) is 0 Å². The van der Waals surface area contributed by atoms with Crippen molar-refractivity contribution in [3.05, 3.63) is 0 Å². The van der Waals surface area contributed by atoms with E-state index in [0.29, 0.717) is 4.99 Å². The summed E-state index contributed by atoms with van der Waals surface area (Å²) in [7, 11) is 0. The standard InChI is InChI=1S/C12H24N2S/c1-10-6-7-11(2)14(9-10)8-4-3-5-12(13)15/h10-11H,3-9H2,1-2H3,(H2,13,15). The lowest BCUT2D eigenvalue weighted by atomic mass is 9.95. The Labute approximate surface area is 99.2 Å². The number of likely N-dealkylation sites (tertiary alicyclic amines) is 1. The van der Waals surface area contributed by atoms with E-state index in [2.05, 4.69) is 18.7 Å². The van der Waals surface area contributed by atoms with E-state index >= 15 is 0 Å². The largest absolute Gasteiger partial charge is 0.393 e. The average Bonchev–Trinajstić information content (AvgIpc) is 2.17. The van der Waals surface area contributed by atoms with Gasteiger partial charge in [0.15, 0.2) is 0 Å². The van der Waals surface area contributed by atoms with Crippen molar-refractivity contribution in [1.29, 1.82) is 0 Å². The highest BCUT2D eigenvalue weighted by molar-refractivity contribution is 7.80. The molecule has 0 spiro atoms. The van der Waals surface area contributed by atoms with Gasteiger partial charge in [0.25, 0.3) is 0 Å². The molecule has 1 aliphatic heterocycles. The van der Waals surface area contributed by atoms with Gasteiger partial charge in [-0.2, -0.15) is 0 Å². The first-order valence-corrected chi connectivity index (χ1v) is 6.52. The van der Waals surface area contributed by atoms with Crippen LogP contribution in [-0.2, 0) is 0 Å². The Morgan fingerprint density at radius 3 is 2.73 bits per heavy atom. The van der Waals surface area contributed by atoms with Gasteiger partial charge in [0.05, 0.1) is 4.99 Å². The van der Waals surface area contributed by atoms with Gasteiger partial charge in [-0.25, -0.2) is 0 Å². The van der Waals surface area contributed by atoms with E-state index in [1.807, 2.05) is 0 Å². The molecule has 0 amide bonds. The van der Waals surface area contributed by atoms with E-state index in [9.17, 15) is 0 Å². The second-order valence-electron chi connectivity index (χ2n) is 4.95. The quantitative estimate of drug-likeness (QED) is 0.579. The first kappa shape index (κ1) is 12.9. The molecule has 15 heavy (non-hydrogen) atoms. The van der Waals surface area contributed by atoms with Crippen LogP contribution in [0.3, 0.4) is 0 Å². The molecule has 88 valence electrons. The summed E-state index contributed by atoms with van der Waals surface area (Å²) >= 11 is 4.87. The van der Waals surface area contributed by atoms with Crippen molar-refractivity contribution in [1.82, 2.24) is 4.90 Å². The molecule has 2 atom stereocenters. The molecule has 3 heteroatoms. The van der Waals surface area contributed by atoms with Crippen molar-refractivity contribution in [2.45, 2.75) is 52.0 Å². The van der Waals surface area contributed by atoms with Crippen LogP contribution in [0, 0.1) is 5.92 Å². The monoisotopic (exact) mass is 228 g/mol. The van der Waals surface area contributed by atoms with E-state index in [0.717, 1.165) is 24.8 Å². The zero-order valence-electron chi connectivity index (χ0n) is 10.0. The topological polar surface area (TPSA) is 29.3 Å². The third-order valence-corrected chi connectivity index (χ3v) is 3.57. The van der Waals surface area contributed by atoms with Gasteiger partial charge in [0.2, 0.25) is 0 Å². The Balaban J connectivity index is 2.16. The highest BCUT2D eigenvalue weighted by atomic mass is 32.1. The maximum atomic E-state index is 5.48. The third-order valence-electron chi connectivity index (χ3n) is 3.37. The van der Waals surface area contributed by atoms with Crippen molar-refractivity contribution >= 4 is 17.2 Å². The van der Waals surface area contributed by atoms with Crippen molar-refractivity contribution in [2.75, 3.05) is 13.1 Å². The summed E-state index contributed by atoms with van der Waals surface area (Å²) in [5.74, 6) is 0.872. The summed E-state index contributed by atoms with van der Waals surface area (Å²) < 4.78 is 0. The number of nitrogens with two attached hydrogens (primary N) is 1. The minimum absolute atomic E-state index is 0.662. The van der Waals surface area contributed by atoms with Gasteiger partial charge in [0.1, 0.15) is 0 Å². The molecule has 0 aliphatic carbocycles. The minimum atomic E-state index is 0.662. The summed E-state index contributed by atoms with van der Waals surface area (Å²) in [6.45, 7) is 7.19. The van der Waals surface area contributed by atoms with E-state index < -0.39 is 0 Å². The Kier molecular flexibility index (Phi) is 5.54. The number of hydrogen-bond acceptors (Lipinski definition) is 2. The maximum absolute atomic E-state index is 5.48. The number of nitrogens with zero attached hydrogens (tertiary/aromatic N) is 1. The summed E-state index contributed by atoms with van der Waals surface area (Å²) in [5.41, 5.74) is 5.48. The van der Waals surface area contributed by atoms with Crippen LogP contribution in [0.15, 0.2) is 0 Å². The van der Waals surface area contributed by atoms with E-state index in [4.69, 9.17) is 18.0 Å². The smallest absolute Gasteiger partial charge is 0.0727 e. The molecule has 0 bridgehead atoms. The molecule has 0 saturated carbocycles. The van der Waals surface area contributed by atoms with Gasteiger partial charge in [-0.15, -0.1) is 0 Å². The summed E-state index contributed by atoms with van der Waals surface area (Å²) in [5, 5.41) is 0. The number of rotatable bonds is 5. The number of thiocarbonyl (C=S) groups is 1. The van der Waals surface area contributed by atoms with Crippen LogP contribution in [0.5, 0.6) is 0 Å². The summed E-state index contributed by atoms with van der Waals surface area (Å²) in [6.07, 6.45) is 6.04. The third kappa shape index (κ3) is 4.94. The second-order valence-corrected chi connectivity index (χ2v) is 5.47. The Bertz CT molecular complexity index is 206. The van der Waals surface area contributed by atoms with E-state index in [-0.39, 0.29) is 0 Å². The lowest BCUT2D eigenvalue weighted by Gasteiger charge is -2.36. The summed E-state index contributed by atoms with van der Waals surface area (Å²) in [4.78, 5) is 3.28. The Morgan fingerprint density at radius 1 is 1.33 bits per heavy atom. The van der Waals surface area contributed by atoms with Crippen LogP contribution in [0.4, 0.5) is 0 Å². The fraction of sp³-hybridized carbons (Fsp3) is 0.917. The maximum Gasteiger partial charge on any atom is 0.0727 e. The predicted molar refractivity (Wildman–Crippen MR) is 70.1 cm³/mol. The first-order valence-electron chi connectivity index (χ1n) is 6.12. The molecule has 2 N–H and O–H groups in total.